The summed E-state index contributed by atoms with van der Waals surface area (Å²) in [4.78, 5) is 11.9. The first-order valence-corrected chi connectivity index (χ1v) is 7.60. The van der Waals surface area contributed by atoms with Crippen LogP contribution in [-0.2, 0) is 12.7 Å². The summed E-state index contributed by atoms with van der Waals surface area (Å²) in [5, 5.41) is 5.76. The van der Waals surface area contributed by atoms with Gasteiger partial charge >= 0.3 is 12.2 Å². The number of nitrogens with one attached hydrogen (secondary N) is 2. The molecule has 3 nitrogen and oxygen atoms in total. The standard InChI is InChI=1S/C17H16ClF3N2O/c1-11(14-7-2-3-8-15(14)18)23-16(24)22-10-12-5-4-6-13(9-12)17(19,20)21/h2-9,11H,10H2,1H3,(H2,22,23,24). The zero-order chi connectivity index (χ0) is 17.7. The first kappa shape index (κ1) is 18.1. The summed E-state index contributed by atoms with van der Waals surface area (Å²) in [5.41, 5.74) is 0.380. The Morgan fingerprint density at radius 3 is 2.54 bits per heavy atom. The maximum absolute atomic E-state index is 12.7. The fourth-order valence-electron chi connectivity index (χ4n) is 2.19. The molecule has 0 saturated heterocycles. The molecule has 2 amide bonds. The van der Waals surface area contributed by atoms with Crippen LogP contribution in [0.1, 0.15) is 29.7 Å². The minimum atomic E-state index is -4.41. The first-order valence-electron chi connectivity index (χ1n) is 7.22. The lowest BCUT2D eigenvalue weighted by molar-refractivity contribution is -0.137. The Balaban J connectivity index is 1.93. The van der Waals surface area contributed by atoms with Gasteiger partial charge in [0.2, 0.25) is 0 Å². The molecule has 0 saturated carbocycles. The Labute approximate surface area is 142 Å². The second-order valence-corrected chi connectivity index (χ2v) is 5.68. The Kier molecular flexibility index (Phi) is 5.72. The van der Waals surface area contributed by atoms with Crippen molar-refractivity contribution < 1.29 is 18.0 Å². The van der Waals surface area contributed by atoms with Crippen LogP contribution >= 0.6 is 11.6 Å². The molecular formula is C17H16ClF3N2O. The zero-order valence-electron chi connectivity index (χ0n) is 12.8. The number of hydrogen-bond donors (Lipinski definition) is 2. The number of carbonyl (C=O) groups is 1. The monoisotopic (exact) mass is 356 g/mol. The molecule has 0 spiro atoms. The van der Waals surface area contributed by atoms with Crippen LogP contribution in [0.5, 0.6) is 0 Å². The van der Waals surface area contributed by atoms with Gasteiger partial charge < -0.3 is 10.6 Å². The number of hydrogen-bond acceptors (Lipinski definition) is 1. The number of urea groups is 1. The molecular weight excluding hydrogens is 341 g/mol. The van der Waals surface area contributed by atoms with Crippen LogP contribution in [0.2, 0.25) is 5.02 Å². The van der Waals surface area contributed by atoms with Crippen LogP contribution in [0, 0.1) is 0 Å². The lowest BCUT2D eigenvalue weighted by atomic mass is 10.1. The Hall–Kier alpha value is -2.21. The van der Waals surface area contributed by atoms with Gasteiger partial charge in [-0.15, -0.1) is 0 Å². The van der Waals surface area contributed by atoms with E-state index in [9.17, 15) is 18.0 Å². The maximum Gasteiger partial charge on any atom is 0.416 e. The number of halogens is 4. The van der Waals surface area contributed by atoms with Crippen molar-refractivity contribution in [1.29, 1.82) is 0 Å². The van der Waals surface area contributed by atoms with Crippen LogP contribution in [0.4, 0.5) is 18.0 Å². The van der Waals surface area contributed by atoms with Crippen molar-refractivity contribution in [3.05, 3.63) is 70.2 Å². The molecule has 2 N–H and O–H groups in total. The highest BCUT2D eigenvalue weighted by molar-refractivity contribution is 6.31. The largest absolute Gasteiger partial charge is 0.416 e. The zero-order valence-corrected chi connectivity index (χ0v) is 13.6. The third kappa shape index (κ3) is 4.89. The minimum Gasteiger partial charge on any atom is -0.334 e. The molecule has 1 atom stereocenters. The van der Waals surface area contributed by atoms with Gasteiger partial charge in [0, 0.05) is 11.6 Å². The summed E-state index contributed by atoms with van der Waals surface area (Å²) in [6.07, 6.45) is -4.41. The first-order chi connectivity index (χ1) is 11.3. The third-order valence-corrected chi connectivity index (χ3v) is 3.77. The average Bonchev–Trinajstić information content (AvgIpc) is 2.53. The van der Waals surface area contributed by atoms with Crippen LogP contribution in [0.15, 0.2) is 48.5 Å². The molecule has 0 bridgehead atoms. The van der Waals surface area contributed by atoms with E-state index in [0.717, 1.165) is 17.7 Å². The Bertz CT molecular complexity index is 719. The second-order valence-electron chi connectivity index (χ2n) is 5.27. The highest BCUT2D eigenvalue weighted by atomic mass is 35.5. The SMILES string of the molecule is CC(NC(=O)NCc1cccc(C(F)(F)F)c1)c1ccccc1Cl. The quantitative estimate of drug-likeness (QED) is 0.802. The van der Waals surface area contributed by atoms with Crippen LogP contribution in [0.25, 0.3) is 0 Å². The lowest BCUT2D eigenvalue weighted by Crippen LogP contribution is -2.36. The van der Waals surface area contributed by atoms with Crippen molar-refractivity contribution in [2.45, 2.75) is 25.7 Å². The lowest BCUT2D eigenvalue weighted by Gasteiger charge is -2.16. The maximum atomic E-state index is 12.7. The molecule has 7 heteroatoms. The molecule has 0 aromatic heterocycles. The van der Waals surface area contributed by atoms with Crippen LogP contribution in [0.3, 0.4) is 0 Å². The van der Waals surface area contributed by atoms with Crippen LogP contribution < -0.4 is 10.6 Å². The molecule has 0 radical (unpaired) electrons. The molecule has 0 heterocycles. The number of carbonyl (C=O) groups excluding carboxylic acids is 1. The van der Waals surface area contributed by atoms with Gasteiger partial charge in [0.25, 0.3) is 0 Å². The van der Waals surface area contributed by atoms with E-state index < -0.39 is 17.8 Å². The topological polar surface area (TPSA) is 41.1 Å². The molecule has 0 fully saturated rings. The van der Waals surface area contributed by atoms with Gasteiger partial charge in [-0.1, -0.05) is 41.9 Å². The van der Waals surface area contributed by atoms with Crippen molar-refractivity contribution in [3.8, 4) is 0 Å². The Morgan fingerprint density at radius 2 is 1.88 bits per heavy atom. The number of benzene rings is 2. The van der Waals surface area contributed by atoms with Gasteiger partial charge in [-0.05, 0) is 36.2 Å². The van der Waals surface area contributed by atoms with Crippen molar-refractivity contribution in [1.82, 2.24) is 10.6 Å². The summed E-state index contributed by atoms with van der Waals surface area (Å²) in [6, 6.07) is 11.1. The molecule has 0 aliphatic heterocycles. The third-order valence-electron chi connectivity index (χ3n) is 3.43. The van der Waals surface area contributed by atoms with Crippen molar-refractivity contribution in [2.75, 3.05) is 0 Å². The highest BCUT2D eigenvalue weighted by Crippen LogP contribution is 2.29. The van der Waals surface area contributed by atoms with E-state index in [1.807, 2.05) is 0 Å². The summed E-state index contributed by atoms with van der Waals surface area (Å²) >= 11 is 6.06. The summed E-state index contributed by atoms with van der Waals surface area (Å²) in [5.74, 6) is 0. The molecule has 128 valence electrons. The van der Waals surface area contributed by atoms with Gasteiger partial charge in [0.1, 0.15) is 0 Å². The van der Waals surface area contributed by atoms with E-state index in [1.165, 1.54) is 12.1 Å². The van der Waals surface area contributed by atoms with Gasteiger partial charge in [-0.25, -0.2) is 4.79 Å². The van der Waals surface area contributed by atoms with Crippen LogP contribution in [-0.4, -0.2) is 6.03 Å². The highest BCUT2D eigenvalue weighted by Gasteiger charge is 2.30. The smallest absolute Gasteiger partial charge is 0.334 e. The van der Waals surface area contributed by atoms with E-state index in [4.69, 9.17) is 11.6 Å². The number of alkyl halides is 3. The van der Waals surface area contributed by atoms with Crippen molar-refractivity contribution >= 4 is 17.6 Å². The van der Waals surface area contributed by atoms with Gasteiger partial charge in [-0.3, -0.25) is 0 Å². The van der Waals surface area contributed by atoms with Crippen molar-refractivity contribution in [3.63, 3.8) is 0 Å². The molecule has 0 aliphatic rings. The van der Waals surface area contributed by atoms with E-state index in [-0.39, 0.29) is 12.6 Å². The Morgan fingerprint density at radius 1 is 1.17 bits per heavy atom. The number of amides is 2. The average molecular weight is 357 g/mol. The fraction of sp³-hybridized carbons (Fsp3) is 0.235. The summed E-state index contributed by atoms with van der Waals surface area (Å²) < 4.78 is 38.0. The molecule has 0 aliphatic carbocycles. The van der Waals surface area contributed by atoms with E-state index >= 15 is 0 Å². The van der Waals surface area contributed by atoms with Gasteiger partial charge in [0.15, 0.2) is 0 Å². The molecule has 2 aromatic rings. The fourth-order valence-corrected chi connectivity index (χ4v) is 2.49. The molecule has 2 rings (SSSR count). The van der Waals surface area contributed by atoms with Crippen molar-refractivity contribution in [2.24, 2.45) is 0 Å². The molecule has 2 aromatic carbocycles. The van der Waals surface area contributed by atoms with E-state index in [0.29, 0.717) is 10.6 Å². The number of rotatable bonds is 4. The predicted octanol–water partition coefficient (Wildman–Crippen LogP) is 4.92. The van der Waals surface area contributed by atoms with E-state index in [2.05, 4.69) is 10.6 Å². The minimum absolute atomic E-state index is 0.00893. The van der Waals surface area contributed by atoms with Gasteiger partial charge in [-0.2, -0.15) is 13.2 Å². The summed E-state index contributed by atoms with van der Waals surface area (Å²) in [6.45, 7) is 1.76. The predicted molar refractivity (Wildman–Crippen MR) is 86.7 cm³/mol. The van der Waals surface area contributed by atoms with E-state index in [1.54, 1.807) is 31.2 Å². The molecule has 1 unspecified atom stereocenters. The van der Waals surface area contributed by atoms with Gasteiger partial charge in [0.05, 0.1) is 11.6 Å². The summed E-state index contributed by atoms with van der Waals surface area (Å²) in [7, 11) is 0. The second kappa shape index (κ2) is 7.57. The molecule has 24 heavy (non-hydrogen) atoms. The normalized spacial score (nSPS) is 12.5.